The molecule has 0 fully saturated rings. The fraction of sp³-hybridized carbons (Fsp3) is 0.136. The van der Waals surface area contributed by atoms with E-state index in [1.807, 2.05) is 78.9 Å². The molecule has 3 aromatic carbocycles. The molecule has 0 saturated heterocycles. The van der Waals surface area contributed by atoms with Crippen LogP contribution in [0.3, 0.4) is 0 Å². The van der Waals surface area contributed by atoms with E-state index >= 15 is 0 Å². The summed E-state index contributed by atoms with van der Waals surface area (Å²) in [6, 6.07) is 25.2. The first-order valence-corrected chi connectivity index (χ1v) is 8.77. The predicted octanol–water partition coefficient (Wildman–Crippen LogP) is 5.04. The average molecular weight is 366 g/mol. The Kier molecular flexibility index (Phi) is 5.92. The lowest BCUT2D eigenvalue weighted by Gasteiger charge is -2.18. The van der Waals surface area contributed by atoms with Crippen LogP contribution in [0.15, 0.2) is 78.9 Å². The lowest BCUT2D eigenvalue weighted by Crippen LogP contribution is -2.31. The van der Waals surface area contributed by atoms with Crippen LogP contribution >= 0.6 is 11.6 Å². The van der Waals surface area contributed by atoms with Crippen molar-refractivity contribution >= 4 is 17.5 Å². The molecule has 3 rings (SSSR count). The molecule has 1 amide bonds. The number of para-hydroxylation sites is 1. The van der Waals surface area contributed by atoms with Gasteiger partial charge in [-0.15, -0.1) is 0 Å². The number of carbonyl (C=O) groups is 1. The second kappa shape index (κ2) is 8.54. The summed E-state index contributed by atoms with van der Waals surface area (Å²) in [4.78, 5) is 14.1. The number of halogens is 1. The largest absolute Gasteiger partial charge is 0.483 e. The van der Waals surface area contributed by atoms with Gasteiger partial charge in [0.05, 0.1) is 0 Å². The summed E-state index contributed by atoms with van der Waals surface area (Å²) in [5.74, 6) is 0.620. The second-order valence-corrected chi connectivity index (χ2v) is 6.46. The molecular weight excluding hydrogens is 346 g/mol. The van der Waals surface area contributed by atoms with E-state index in [-0.39, 0.29) is 12.5 Å². The summed E-state index contributed by atoms with van der Waals surface area (Å²) in [5.41, 5.74) is 3.06. The van der Waals surface area contributed by atoms with Crippen molar-refractivity contribution < 1.29 is 9.53 Å². The van der Waals surface area contributed by atoms with E-state index in [1.54, 1.807) is 11.9 Å². The molecular formula is C22H20ClNO2. The summed E-state index contributed by atoms with van der Waals surface area (Å²) in [7, 11) is 1.77. The Morgan fingerprint density at radius 1 is 0.923 bits per heavy atom. The van der Waals surface area contributed by atoms with Crippen LogP contribution in [0.1, 0.15) is 5.56 Å². The first-order valence-electron chi connectivity index (χ1n) is 8.39. The van der Waals surface area contributed by atoms with Gasteiger partial charge in [0, 0.05) is 24.2 Å². The lowest BCUT2D eigenvalue weighted by atomic mass is 10.1. The molecule has 3 aromatic rings. The molecule has 3 nitrogen and oxygen atoms in total. The van der Waals surface area contributed by atoms with Crippen LogP contribution in [0, 0.1) is 0 Å². The molecule has 0 aromatic heterocycles. The van der Waals surface area contributed by atoms with Gasteiger partial charge in [-0.3, -0.25) is 4.79 Å². The number of rotatable bonds is 6. The Hall–Kier alpha value is -2.78. The fourth-order valence-electron chi connectivity index (χ4n) is 2.65. The topological polar surface area (TPSA) is 29.5 Å². The molecule has 0 atom stereocenters. The maximum Gasteiger partial charge on any atom is 0.260 e. The van der Waals surface area contributed by atoms with E-state index in [0.717, 1.165) is 16.7 Å². The molecule has 0 aliphatic heterocycles. The zero-order chi connectivity index (χ0) is 18.4. The van der Waals surface area contributed by atoms with Gasteiger partial charge in [-0.2, -0.15) is 0 Å². The van der Waals surface area contributed by atoms with E-state index in [0.29, 0.717) is 17.3 Å². The highest BCUT2D eigenvalue weighted by Gasteiger charge is 2.12. The van der Waals surface area contributed by atoms with Gasteiger partial charge in [0.2, 0.25) is 0 Å². The molecule has 0 unspecified atom stereocenters. The highest BCUT2D eigenvalue weighted by molar-refractivity contribution is 6.30. The Labute approximate surface area is 158 Å². The van der Waals surface area contributed by atoms with E-state index in [2.05, 4.69) is 0 Å². The van der Waals surface area contributed by atoms with Crippen molar-refractivity contribution in [3.63, 3.8) is 0 Å². The predicted molar refractivity (Wildman–Crippen MR) is 105 cm³/mol. The van der Waals surface area contributed by atoms with Crippen LogP contribution in [0.5, 0.6) is 5.75 Å². The zero-order valence-corrected chi connectivity index (χ0v) is 15.3. The first kappa shape index (κ1) is 18.0. The van der Waals surface area contributed by atoms with Crippen LogP contribution in [-0.4, -0.2) is 24.5 Å². The van der Waals surface area contributed by atoms with Crippen LogP contribution in [0.4, 0.5) is 0 Å². The van der Waals surface area contributed by atoms with Crippen molar-refractivity contribution in [3.8, 4) is 16.9 Å². The summed E-state index contributed by atoms with van der Waals surface area (Å²) in [5, 5.41) is 0.684. The molecule has 0 N–H and O–H groups in total. The maximum absolute atomic E-state index is 12.4. The van der Waals surface area contributed by atoms with Crippen LogP contribution in [0.2, 0.25) is 5.02 Å². The number of likely N-dealkylation sites (N-methyl/N-ethyl adjacent to an activating group) is 1. The minimum atomic E-state index is -0.0807. The molecule has 132 valence electrons. The van der Waals surface area contributed by atoms with Gasteiger partial charge in [-0.05, 0) is 29.3 Å². The fourth-order valence-corrected chi connectivity index (χ4v) is 2.78. The van der Waals surface area contributed by atoms with Crippen LogP contribution < -0.4 is 4.74 Å². The van der Waals surface area contributed by atoms with Crippen molar-refractivity contribution in [2.24, 2.45) is 0 Å². The van der Waals surface area contributed by atoms with E-state index < -0.39 is 0 Å². The van der Waals surface area contributed by atoms with E-state index in [9.17, 15) is 4.79 Å². The Morgan fingerprint density at radius 3 is 2.31 bits per heavy atom. The summed E-state index contributed by atoms with van der Waals surface area (Å²) < 4.78 is 5.82. The maximum atomic E-state index is 12.4. The standard InChI is InChI=1S/C22H20ClNO2/c1-24(15-17-11-13-19(23)14-12-17)22(25)16-26-21-10-6-5-9-20(21)18-7-3-2-4-8-18/h2-14H,15-16H2,1H3. The average Bonchev–Trinajstić information content (AvgIpc) is 2.68. The highest BCUT2D eigenvalue weighted by atomic mass is 35.5. The van der Waals surface area contributed by atoms with Gasteiger partial charge < -0.3 is 9.64 Å². The summed E-state index contributed by atoms with van der Waals surface area (Å²) in [6.45, 7) is 0.508. The van der Waals surface area contributed by atoms with Gasteiger partial charge in [0.25, 0.3) is 5.91 Å². The van der Waals surface area contributed by atoms with Crippen molar-refractivity contribution in [1.82, 2.24) is 4.90 Å². The van der Waals surface area contributed by atoms with Crippen LogP contribution in [-0.2, 0) is 11.3 Å². The first-order chi connectivity index (χ1) is 12.6. The molecule has 26 heavy (non-hydrogen) atoms. The normalized spacial score (nSPS) is 10.4. The SMILES string of the molecule is CN(Cc1ccc(Cl)cc1)C(=O)COc1ccccc1-c1ccccc1. The zero-order valence-electron chi connectivity index (χ0n) is 14.6. The lowest BCUT2D eigenvalue weighted by molar-refractivity contribution is -0.132. The third-order valence-electron chi connectivity index (χ3n) is 4.08. The number of nitrogens with zero attached hydrogens (tertiary/aromatic N) is 1. The third-order valence-corrected chi connectivity index (χ3v) is 4.33. The Morgan fingerprint density at radius 2 is 1.58 bits per heavy atom. The second-order valence-electron chi connectivity index (χ2n) is 6.03. The van der Waals surface area contributed by atoms with Gasteiger partial charge in [-0.25, -0.2) is 0 Å². The molecule has 0 bridgehead atoms. The highest BCUT2D eigenvalue weighted by Crippen LogP contribution is 2.29. The smallest absolute Gasteiger partial charge is 0.260 e. The monoisotopic (exact) mass is 365 g/mol. The molecule has 0 saturated carbocycles. The van der Waals surface area contributed by atoms with Crippen molar-refractivity contribution in [1.29, 1.82) is 0 Å². The molecule has 0 spiro atoms. The van der Waals surface area contributed by atoms with E-state index in [1.165, 1.54) is 0 Å². The third kappa shape index (κ3) is 4.64. The van der Waals surface area contributed by atoms with Gasteiger partial charge >= 0.3 is 0 Å². The minimum absolute atomic E-state index is 0.00602. The Balaban J connectivity index is 1.64. The van der Waals surface area contributed by atoms with Gasteiger partial charge in [-0.1, -0.05) is 72.3 Å². The number of amides is 1. The molecule has 4 heteroatoms. The quantitative estimate of drug-likeness (QED) is 0.612. The Bertz CT molecular complexity index is 863. The number of benzene rings is 3. The number of hydrogen-bond acceptors (Lipinski definition) is 2. The number of ether oxygens (including phenoxy) is 1. The van der Waals surface area contributed by atoms with Gasteiger partial charge in [0.15, 0.2) is 6.61 Å². The minimum Gasteiger partial charge on any atom is -0.483 e. The van der Waals surface area contributed by atoms with Crippen molar-refractivity contribution in [2.45, 2.75) is 6.54 Å². The van der Waals surface area contributed by atoms with Crippen molar-refractivity contribution in [2.75, 3.05) is 13.7 Å². The van der Waals surface area contributed by atoms with Crippen LogP contribution in [0.25, 0.3) is 11.1 Å². The van der Waals surface area contributed by atoms with Crippen molar-refractivity contribution in [3.05, 3.63) is 89.4 Å². The summed E-state index contributed by atoms with van der Waals surface area (Å²) >= 11 is 5.89. The van der Waals surface area contributed by atoms with Gasteiger partial charge in [0.1, 0.15) is 5.75 Å². The summed E-state index contributed by atoms with van der Waals surface area (Å²) in [6.07, 6.45) is 0. The molecule has 0 heterocycles. The number of hydrogen-bond donors (Lipinski definition) is 0. The molecule has 0 radical (unpaired) electrons. The molecule has 0 aliphatic carbocycles. The van der Waals surface area contributed by atoms with E-state index in [4.69, 9.17) is 16.3 Å². The molecule has 0 aliphatic rings. The number of carbonyl (C=O) groups excluding carboxylic acids is 1.